The molecule has 0 aliphatic rings. The summed E-state index contributed by atoms with van der Waals surface area (Å²) in [6.07, 6.45) is 0. The average molecular weight is 396 g/mol. The third-order valence-corrected chi connectivity index (χ3v) is 5.81. The Labute approximate surface area is 166 Å². The number of nitrogens with zero attached hydrogens (tertiary/aromatic N) is 3. The van der Waals surface area contributed by atoms with Gasteiger partial charge >= 0.3 is 0 Å². The van der Waals surface area contributed by atoms with Gasteiger partial charge in [0, 0.05) is 12.1 Å². The zero-order valence-electron chi connectivity index (χ0n) is 16.0. The molecule has 7 heteroatoms. The Balaban J connectivity index is 1.73. The number of aromatic nitrogens is 3. The molecular formula is C21H21FN4OS. The molecule has 0 spiro atoms. The number of carbonyl (C=O) groups excluding carboxylic acids is 1. The van der Waals surface area contributed by atoms with Gasteiger partial charge in [0.25, 0.3) is 5.91 Å². The van der Waals surface area contributed by atoms with E-state index in [0.29, 0.717) is 17.8 Å². The second-order valence-electron chi connectivity index (χ2n) is 6.69. The van der Waals surface area contributed by atoms with Gasteiger partial charge in [-0.2, -0.15) is 5.10 Å². The molecule has 0 bridgehead atoms. The molecule has 1 aromatic carbocycles. The zero-order chi connectivity index (χ0) is 19.8. The van der Waals surface area contributed by atoms with Crippen LogP contribution in [0.1, 0.15) is 34.4 Å². The average Bonchev–Trinajstić information content (AvgIpc) is 3.34. The summed E-state index contributed by atoms with van der Waals surface area (Å²) in [5.41, 5.74) is 4.41. The summed E-state index contributed by atoms with van der Waals surface area (Å²) in [7, 11) is 0. The maximum atomic E-state index is 14.2. The predicted molar refractivity (Wildman–Crippen MR) is 111 cm³/mol. The summed E-state index contributed by atoms with van der Waals surface area (Å²) in [4.78, 5) is 13.1. The number of amides is 1. The number of fused-ring (bicyclic) bond motifs is 1. The highest BCUT2D eigenvalue weighted by Gasteiger charge is 2.20. The molecule has 4 rings (SSSR count). The SMILES string of the molecule is CCn1nc(C)c(NC(=O)c2cc3sccc3n2Cc2ccccc2F)c1C. The lowest BCUT2D eigenvalue weighted by atomic mass is 10.2. The Morgan fingerprint density at radius 1 is 1.25 bits per heavy atom. The molecule has 0 aliphatic heterocycles. The van der Waals surface area contributed by atoms with Crippen LogP contribution in [-0.2, 0) is 13.1 Å². The van der Waals surface area contributed by atoms with Crippen molar-refractivity contribution in [2.75, 3.05) is 5.32 Å². The highest BCUT2D eigenvalue weighted by Crippen LogP contribution is 2.28. The van der Waals surface area contributed by atoms with Crippen LogP contribution in [0.15, 0.2) is 41.8 Å². The number of hydrogen-bond acceptors (Lipinski definition) is 3. The van der Waals surface area contributed by atoms with Crippen molar-refractivity contribution in [1.29, 1.82) is 0 Å². The van der Waals surface area contributed by atoms with E-state index < -0.39 is 0 Å². The molecule has 3 aromatic heterocycles. The van der Waals surface area contributed by atoms with Crippen molar-refractivity contribution in [3.8, 4) is 0 Å². The molecule has 1 N–H and O–H groups in total. The van der Waals surface area contributed by atoms with Gasteiger partial charge in [-0.05, 0) is 44.4 Å². The number of anilines is 1. The summed E-state index contributed by atoms with van der Waals surface area (Å²) in [5.74, 6) is -0.497. The number of rotatable bonds is 5. The lowest BCUT2D eigenvalue weighted by Gasteiger charge is -2.12. The number of benzene rings is 1. The number of aryl methyl sites for hydroxylation is 2. The van der Waals surface area contributed by atoms with E-state index in [1.54, 1.807) is 29.5 Å². The van der Waals surface area contributed by atoms with Crippen molar-refractivity contribution in [2.45, 2.75) is 33.9 Å². The Kier molecular flexibility index (Phi) is 4.77. The van der Waals surface area contributed by atoms with Crippen LogP contribution in [0.4, 0.5) is 10.1 Å². The van der Waals surface area contributed by atoms with E-state index in [0.717, 1.165) is 33.8 Å². The first-order chi connectivity index (χ1) is 13.5. The Morgan fingerprint density at radius 2 is 2.04 bits per heavy atom. The van der Waals surface area contributed by atoms with E-state index in [4.69, 9.17) is 0 Å². The number of carbonyl (C=O) groups is 1. The van der Waals surface area contributed by atoms with Crippen molar-refractivity contribution in [1.82, 2.24) is 14.3 Å². The smallest absolute Gasteiger partial charge is 0.272 e. The summed E-state index contributed by atoms with van der Waals surface area (Å²) in [6.45, 7) is 6.87. The van der Waals surface area contributed by atoms with Crippen LogP contribution in [0.5, 0.6) is 0 Å². The van der Waals surface area contributed by atoms with E-state index in [9.17, 15) is 9.18 Å². The molecular weight excluding hydrogens is 375 g/mol. The molecule has 4 aromatic rings. The Bertz CT molecular complexity index is 1170. The molecule has 0 radical (unpaired) electrons. The second kappa shape index (κ2) is 7.24. The largest absolute Gasteiger partial charge is 0.331 e. The van der Waals surface area contributed by atoms with Crippen molar-refractivity contribution in [3.63, 3.8) is 0 Å². The van der Waals surface area contributed by atoms with E-state index >= 15 is 0 Å². The van der Waals surface area contributed by atoms with Crippen LogP contribution >= 0.6 is 11.3 Å². The molecule has 0 saturated carbocycles. The number of nitrogens with one attached hydrogen (secondary N) is 1. The van der Waals surface area contributed by atoms with E-state index in [-0.39, 0.29) is 11.7 Å². The van der Waals surface area contributed by atoms with Gasteiger partial charge < -0.3 is 9.88 Å². The first-order valence-corrected chi connectivity index (χ1v) is 10.0. The van der Waals surface area contributed by atoms with Crippen molar-refractivity contribution >= 4 is 33.1 Å². The summed E-state index contributed by atoms with van der Waals surface area (Å²) < 4.78 is 18.9. The second-order valence-corrected chi connectivity index (χ2v) is 7.64. The van der Waals surface area contributed by atoms with Gasteiger partial charge in [0.15, 0.2) is 0 Å². The van der Waals surface area contributed by atoms with Crippen LogP contribution in [0, 0.1) is 19.7 Å². The van der Waals surface area contributed by atoms with Crippen LogP contribution in [0.25, 0.3) is 10.2 Å². The fraction of sp³-hybridized carbons (Fsp3) is 0.238. The topological polar surface area (TPSA) is 51.9 Å². The van der Waals surface area contributed by atoms with Crippen LogP contribution in [0.3, 0.4) is 0 Å². The Morgan fingerprint density at radius 3 is 2.75 bits per heavy atom. The lowest BCUT2D eigenvalue weighted by Crippen LogP contribution is -2.18. The van der Waals surface area contributed by atoms with Gasteiger partial charge in [-0.1, -0.05) is 18.2 Å². The van der Waals surface area contributed by atoms with Gasteiger partial charge in [-0.3, -0.25) is 9.48 Å². The minimum atomic E-state index is -0.276. The molecule has 28 heavy (non-hydrogen) atoms. The molecule has 3 heterocycles. The van der Waals surface area contributed by atoms with Gasteiger partial charge in [0.1, 0.15) is 11.5 Å². The molecule has 5 nitrogen and oxygen atoms in total. The van der Waals surface area contributed by atoms with Gasteiger partial charge in [0.2, 0.25) is 0 Å². The molecule has 0 atom stereocenters. The first-order valence-electron chi connectivity index (χ1n) is 9.15. The summed E-state index contributed by atoms with van der Waals surface area (Å²) >= 11 is 1.56. The van der Waals surface area contributed by atoms with Gasteiger partial charge in [-0.25, -0.2) is 4.39 Å². The van der Waals surface area contributed by atoms with Crippen molar-refractivity contribution in [3.05, 3.63) is 70.2 Å². The normalized spacial score (nSPS) is 11.3. The van der Waals surface area contributed by atoms with Crippen LogP contribution in [-0.4, -0.2) is 20.3 Å². The quantitative estimate of drug-likeness (QED) is 0.517. The molecule has 0 unspecified atom stereocenters. The minimum Gasteiger partial charge on any atom is -0.331 e. The monoisotopic (exact) mass is 396 g/mol. The highest BCUT2D eigenvalue weighted by atomic mass is 32.1. The molecule has 144 valence electrons. The first kappa shape index (κ1) is 18.4. The minimum absolute atomic E-state index is 0.221. The van der Waals surface area contributed by atoms with E-state index in [2.05, 4.69) is 10.4 Å². The number of hydrogen-bond donors (Lipinski definition) is 1. The highest BCUT2D eigenvalue weighted by molar-refractivity contribution is 7.17. The standard InChI is InChI=1S/C21H21FN4OS/c1-4-26-14(3)20(13(2)24-26)23-21(27)18-11-19-17(9-10-28-19)25(18)12-15-7-5-6-8-16(15)22/h5-11H,4,12H2,1-3H3,(H,23,27). The fourth-order valence-electron chi connectivity index (χ4n) is 3.50. The van der Waals surface area contributed by atoms with E-state index in [1.165, 1.54) is 6.07 Å². The number of thiophene rings is 1. The van der Waals surface area contributed by atoms with Gasteiger partial charge in [0.05, 0.1) is 33.8 Å². The molecule has 1 amide bonds. The molecule has 0 saturated heterocycles. The third-order valence-electron chi connectivity index (χ3n) is 4.96. The van der Waals surface area contributed by atoms with Crippen molar-refractivity contribution in [2.24, 2.45) is 0 Å². The number of halogens is 1. The maximum Gasteiger partial charge on any atom is 0.272 e. The fourth-order valence-corrected chi connectivity index (χ4v) is 4.32. The van der Waals surface area contributed by atoms with E-state index in [1.807, 2.05) is 47.5 Å². The lowest BCUT2D eigenvalue weighted by molar-refractivity contribution is 0.101. The summed E-state index contributed by atoms with van der Waals surface area (Å²) in [6, 6.07) is 10.5. The van der Waals surface area contributed by atoms with Crippen LogP contribution < -0.4 is 5.32 Å². The third kappa shape index (κ3) is 3.11. The van der Waals surface area contributed by atoms with Gasteiger partial charge in [-0.15, -0.1) is 11.3 Å². The molecule has 0 fully saturated rings. The molecule has 0 aliphatic carbocycles. The predicted octanol–water partition coefficient (Wildman–Crippen LogP) is 4.98. The zero-order valence-corrected chi connectivity index (χ0v) is 16.8. The maximum absolute atomic E-state index is 14.2. The van der Waals surface area contributed by atoms with Crippen molar-refractivity contribution < 1.29 is 9.18 Å². The summed E-state index contributed by atoms with van der Waals surface area (Å²) in [5, 5.41) is 9.44. The Hall–Kier alpha value is -2.93. The van der Waals surface area contributed by atoms with Crippen LogP contribution in [0.2, 0.25) is 0 Å².